The normalized spacial score (nSPS) is 13.6. The number of thioether (sulfide) groups is 1. The Morgan fingerprint density at radius 1 is 1.47 bits per heavy atom. The zero-order valence-electron chi connectivity index (χ0n) is 10.4. The van der Waals surface area contributed by atoms with Crippen molar-refractivity contribution in [1.82, 2.24) is 0 Å². The molecular weight excluding hydrogens is 238 g/mol. The predicted octanol–water partition coefficient (Wildman–Crippen LogP) is 1.07. The van der Waals surface area contributed by atoms with Crippen molar-refractivity contribution in [2.45, 2.75) is 38.6 Å². The van der Waals surface area contributed by atoms with Crippen LogP contribution in [-0.2, 0) is 4.79 Å². The van der Waals surface area contributed by atoms with Crippen molar-refractivity contribution in [2.75, 3.05) is 18.1 Å². The van der Waals surface area contributed by atoms with Gasteiger partial charge in [-0.1, -0.05) is 6.92 Å². The van der Waals surface area contributed by atoms with Gasteiger partial charge in [0.25, 0.3) is 0 Å². The van der Waals surface area contributed by atoms with Crippen LogP contribution in [0.3, 0.4) is 0 Å². The van der Waals surface area contributed by atoms with E-state index in [2.05, 4.69) is 11.9 Å². The molecule has 1 atom stereocenters. The highest BCUT2D eigenvalue weighted by Crippen LogP contribution is 2.04. The summed E-state index contributed by atoms with van der Waals surface area (Å²) in [6, 6.07) is -0.786. The van der Waals surface area contributed by atoms with E-state index < -0.39 is 12.0 Å². The molecule has 5 N–H and O–H groups in total. The van der Waals surface area contributed by atoms with E-state index in [-0.39, 0.29) is 0 Å². The van der Waals surface area contributed by atoms with Crippen molar-refractivity contribution < 1.29 is 9.90 Å². The van der Waals surface area contributed by atoms with Crippen LogP contribution >= 0.6 is 11.8 Å². The van der Waals surface area contributed by atoms with Crippen LogP contribution in [-0.4, -0.2) is 41.0 Å². The summed E-state index contributed by atoms with van der Waals surface area (Å²) in [4.78, 5) is 14.6. The first-order valence-electron chi connectivity index (χ1n) is 5.92. The number of aliphatic imine (C=N–C) groups is 1. The Morgan fingerprint density at radius 3 is 2.76 bits per heavy atom. The van der Waals surface area contributed by atoms with Gasteiger partial charge in [-0.3, -0.25) is 9.79 Å². The van der Waals surface area contributed by atoms with E-state index >= 15 is 0 Å². The third-order valence-corrected chi connectivity index (χ3v) is 3.35. The molecule has 0 fully saturated rings. The van der Waals surface area contributed by atoms with Gasteiger partial charge in [-0.05, 0) is 25.0 Å². The highest BCUT2D eigenvalue weighted by molar-refractivity contribution is 7.99. The van der Waals surface area contributed by atoms with Crippen molar-refractivity contribution in [1.29, 1.82) is 0 Å². The number of nitrogens with zero attached hydrogens (tertiary/aromatic N) is 1. The summed E-state index contributed by atoms with van der Waals surface area (Å²) in [5.41, 5.74) is 11.1. The number of aliphatic carboxylic acids is 1. The molecule has 100 valence electrons. The van der Waals surface area contributed by atoms with Crippen LogP contribution in [0, 0.1) is 0 Å². The molecule has 0 spiro atoms. The highest BCUT2D eigenvalue weighted by atomic mass is 32.2. The number of rotatable bonds is 10. The Kier molecular flexibility index (Phi) is 9.95. The zero-order valence-corrected chi connectivity index (χ0v) is 11.2. The Morgan fingerprint density at radius 2 is 2.18 bits per heavy atom. The first-order chi connectivity index (χ1) is 8.07. The quantitative estimate of drug-likeness (QED) is 0.310. The third kappa shape index (κ3) is 10.1. The number of hydrogen-bond acceptors (Lipinski definition) is 4. The summed E-state index contributed by atoms with van der Waals surface area (Å²) in [7, 11) is 0. The van der Waals surface area contributed by atoms with Crippen LogP contribution in [0.1, 0.15) is 32.6 Å². The van der Waals surface area contributed by atoms with Crippen LogP contribution in [0.15, 0.2) is 4.99 Å². The number of nitrogens with two attached hydrogens (primary N) is 2. The summed E-state index contributed by atoms with van der Waals surface area (Å²) in [6.45, 7) is 2.71. The van der Waals surface area contributed by atoms with Gasteiger partial charge >= 0.3 is 5.97 Å². The van der Waals surface area contributed by atoms with Crippen molar-refractivity contribution in [2.24, 2.45) is 16.5 Å². The predicted molar refractivity (Wildman–Crippen MR) is 73.6 cm³/mol. The largest absolute Gasteiger partial charge is 0.480 e. The number of carboxylic acids is 1. The smallest absolute Gasteiger partial charge is 0.320 e. The number of hydrogen-bond donors (Lipinski definition) is 3. The molecule has 0 radical (unpaired) electrons. The maximum Gasteiger partial charge on any atom is 0.320 e. The molecule has 0 aromatic heterocycles. The van der Waals surface area contributed by atoms with Gasteiger partial charge in [-0.25, -0.2) is 0 Å². The van der Waals surface area contributed by atoms with E-state index in [4.69, 9.17) is 16.6 Å². The molecule has 6 heteroatoms. The van der Waals surface area contributed by atoms with Crippen LogP contribution < -0.4 is 11.5 Å². The van der Waals surface area contributed by atoms with Crippen LogP contribution in [0.2, 0.25) is 0 Å². The van der Waals surface area contributed by atoms with E-state index in [1.807, 2.05) is 11.8 Å². The second-order valence-corrected chi connectivity index (χ2v) is 5.05. The minimum atomic E-state index is -0.960. The summed E-state index contributed by atoms with van der Waals surface area (Å²) >= 11 is 1.87. The Balaban J connectivity index is 3.52. The number of carboxylic acid groups (broad SMARTS) is 1. The van der Waals surface area contributed by atoms with Gasteiger partial charge in [0, 0.05) is 18.7 Å². The van der Waals surface area contributed by atoms with E-state index in [1.54, 1.807) is 0 Å². The molecule has 0 aliphatic heterocycles. The Labute approximate surface area is 107 Å². The van der Waals surface area contributed by atoms with Gasteiger partial charge in [0.1, 0.15) is 6.04 Å². The van der Waals surface area contributed by atoms with E-state index in [1.165, 1.54) is 6.42 Å². The lowest BCUT2D eigenvalue weighted by Crippen LogP contribution is -2.30. The minimum absolute atomic E-state index is 0.441. The average molecular weight is 261 g/mol. The van der Waals surface area contributed by atoms with E-state index in [0.29, 0.717) is 25.2 Å². The SMILES string of the molecule is CCCSCCC(N)=NCCC[C@H](N)C(=O)O. The molecule has 0 unspecified atom stereocenters. The Bertz CT molecular complexity index is 247. The first-order valence-corrected chi connectivity index (χ1v) is 7.08. The van der Waals surface area contributed by atoms with Crippen molar-refractivity contribution >= 4 is 23.6 Å². The van der Waals surface area contributed by atoms with Crippen LogP contribution in [0.4, 0.5) is 0 Å². The molecule has 0 rings (SSSR count). The van der Waals surface area contributed by atoms with Gasteiger partial charge in [0.15, 0.2) is 0 Å². The summed E-state index contributed by atoms with van der Waals surface area (Å²) in [5.74, 6) is 1.84. The molecule has 0 aromatic carbocycles. The lowest BCUT2D eigenvalue weighted by molar-refractivity contribution is -0.138. The number of carbonyl (C=O) groups is 1. The van der Waals surface area contributed by atoms with Gasteiger partial charge < -0.3 is 16.6 Å². The lowest BCUT2D eigenvalue weighted by atomic mass is 10.2. The fourth-order valence-electron chi connectivity index (χ4n) is 1.16. The summed E-state index contributed by atoms with van der Waals surface area (Å²) < 4.78 is 0. The fraction of sp³-hybridized carbons (Fsp3) is 0.818. The molecule has 0 saturated carbocycles. The average Bonchev–Trinajstić information content (AvgIpc) is 2.29. The minimum Gasteiger partial charge on any atom is -0.480 e. The molecule has 17 heavy (non-hydrogen) atoms. The van der Waals surface area contributed by atoms with Gasteiger partial charge in [0.2, 0.25) is 0 Å². The third-order valence-electron chi connectivity index (χ3n) is 2.16. The van der Waals surface area contributed by atoms with E-state index in [0.717, 1.165) is 17.9 Å². The van der Waals surface area contributed by atoms with Crippen LogP contribution in [0.25, 0.3) is 0 Å². The van der Waals surface area contributed by atoms with Crippen LogP contribution in [0.5, 0.6) is 0 Å². The molecule has 0 saturated heterocycles. The molecule has 0 aliphatic carbocycles. The topological polar surface area (TPSA) is 102 Å². The molecular formula is C11H23N3O2S. The van der Waals surface area contributed by atoms with Gasteiger partial charge in [-0.15, -0.1) is 0 Å². The molecule has 0 heterocycles. The maximum atomic E-state index is 10.4. The van der Waals surface area contributed by atoms with Crippen molar-refractivity contribution in [3.05, 3.63) is 0 Å². The van der Waals surface area contributed by atoms with Gasteiger partial charge in [0.05, 0.1) is 5.84 Å². The second kappa shape index (κ2) is 10.4. The molecule has 0 aromatic rings. The van der Waals surface area contributed by atoms with E-state index in [9.17, 15) is 4.79 Å². The standard InChI is InChI=1S/C11H23N3O2S/c1-2-7-17-8-5-10(13)14-6-3-4-9(12)11(15)16/h9H,2-8,12H2,1H3,(H2,13,14)(H,15,16)/t9-/m0/s1. The second-order valence-electron chi connectivity index (χ2n) is 3.82. The van der Waals surface area contributed by atoms with Gasteiger partial charge in [-0.2, -0.15) is 11.8 Å². The lowest BCUT2D eigenvalue weighted by Gasteiger charge is -2.04. The molecule has 0 aliphatic rings. The molecule has 0 bridgehead atoms. The number of amidine groups is 1. The molecule has 5 nitrogen and oxygen atoms in total. The first kappa shape index (κ1) is 16.2. The maximum absolute atomic E-state index is 10.4. The van der Waals surface area contributed by atoms with Crippen molar-refractivity contribution in [3.8, 4) is 0 Å². The zero-order chi connectivity index (χ0) is 13.1. The fourth-order valence-corrected chi connectivity index (χ4v) is 2.01. The summed E-state index contributed by atoms with van der Waals surface area (Å²) in [6.07, 6.45) is 3.08. The Hall–Kier alpha value is -0.750. The monoisotopic (exact) mass is 261 g/mol. The molecule has 0 amide bonds. The summed E-state index contributed by atoms with van der Waals surface area (Å²) in [5, 5.41) is 8.57. The van der Waals surface area contributed by atoms with Crippen molar-refractivity contribution in [3.63, 3.8) is 0 Å². The highest BCUT2D eigenvalue weighted by Gasteiger charge is 2.09.